The maximum absolute atomic E-state index is 7.91. The second kappa shape index (κ2) is 7.97. The van der Waals surface area contributed by atoms with E-state index < -0.39 is 0 Å². The van der Waals surface area contributed by atoms with Crippen LogP contribution in [-0.4, -0.2) is 29.5 Å². The number of nitrogens with zero attached hydrogens (tertiary/aromatic N) is 2. The van der Waals surface area contributed by atoms with Crippen LogP contribution >= 0.6 is 0 Å². The van der Waals surface area contributed by atoms with Gasteiger partial charge in [-0.3, -0.25) is 4.99 Å². The van der Waals surface area contributed by atoms with E-state index >= 15 is 0 Å². The molecular weight excluding hydrogens is 332 g/mol. The highest BCUT2D eigenvalue weighted by Gasteiger charge is 2.30. The number of nitrogens with two attached hydrogens (primary N) is 1. The van der Waals surface area contributed by atoms with Gasteiger partial charge in [0.25, 0.3) is 0 Å². The molecular formula is C23H26N4. The Morgan fingerprint density at radius 1 is 1.04 bits per heavy atom. The smallest absolute Gasteiger partial charge is 0.0923 e. The van der Waals surface area contributed by atoms with Gasteiger partial charge in [0.2, 0.25) is 0 Å². The Hall–Kier alpha value is -2.59. The molecule has 0 aromatic carbocycles. The average molecular weight is 358 g/mol. The first-order valence-corrected chi connectivity index (χ1v) is 9.82. The molecule has 4 nitrogen and oxygen atoms in total. The van der Waals surface area contributed by atoms with Crippen LogP contribution in [0.15, 0.2) is 47.5 Å². The highest BCUT2D eigenvalue weighted by atomic mass is 14.8. The summed E-state index contributed by atoms with van der Waals surface area (Å²) >= 11 is 0. The Bertz CT molecular complexity index is 886. The number of nitrogens with one attached hydrogen (secondary N) is 1. The topological polar surface area (TPSA) is 75.1 Å². The summed E-state index contributed by atoms with van der Waals surface area (Å²) in [5, 5.41) is 7.91. The summed E-state index contributed by atoms with van der Waals surface area (Å²) in [5.41, 5.74) is 13.1. The predicted molar refractivity (Wildman–Crippen MR) is 113 cm³/mol. The van der Waals surface area contributed by atoms with E-state index in [1.165, 1.54) is 35.7 Å². The maximum Gasteiger partial charge on any atom is 0.0923 e. The van der Waals surface area contributed by atoms with Crippen LogP contribution in [-0.2, 0) is 12.8 Å². The highest BCUT2D eigenvalue weighted by molar-refractivity contribution is 6.09. The molecule has 2 unspecified atom stereocenters. The Kier molecular flexibility index (Phi) is 5.26. The average Bonchev–Trinajstić information content (AvgIpc) is 2.71. The summed E-state index contributed by atoms with van der Waals surface area (Å²) in [6.45, 7) is 0.654. The van der Waals surface area contributed by atoms with Gasteiger partial charge in [-0.1, -0.05) is 36.5 Å². The van der Waals surface area contributed by atoms with E-state index in [2.05, 4.69) is 36.5 Å². The Balaban J connectivity index is 1.88. The van der Waals surface area contributed by atoms with Gasteiger partial charge in [-0.25, -0.2) is 4.98 Å². The number of aliphatic imine (C=N–C) groups is 1. The zero-order chi connectivity index (χ0) is 18.6. The molecule has 27 heavy (non-hydrogen) atoms. The minimum atomic E-state index is -0.142. The van der Waals surface area contributed by atoms with E-state index in [1.807, 2.05) is 12.2 Å². The highest BCUT2D eigenvalue weighted by Crippen LogP contribution is 2.36. The fraction of sp³-hybridized carbons (Fsp3) is 0.348. The molecule has 0 radical (unpaired) electrons. The van der Waals surface area contributed by atoms with Gasteiger partial charge in [-0.2, -0.15) is 0 Å². The summed E-state index contributed by atoms with van der Waals surface area (Å²) in [4.78, 5) is 9.86. The van der Waals surface area contributed by atoms with E-state index in [9.17, 15) is 0 Å². The predicted octanol–water partition coefficient (Wildman–Crippen LogP) is 3.91. The maximum atomic E-state index is 7.91. The van der Waals surface area contributed by atoms with Crippen LogP contribution < -0.4 is 5.73 Å². The molecule has 0 fully saturated rings. The molecule has 0 bridgehead atoms. The van der Waals surface area contributed by atoms with Crippen molar-refractivity contribution in [3.8, 4) is 0 Å². The fourth-order valence-corrected chi connectivity index (χ4v) is 4.20. The standard InChI is InChI=1S/C23H26N4/c24-15-18-19(25)12-13-20-22(18)16-9-6-7-10-17(16)23(27-20)21-11-5-3-1-2-4-8-14-26-21/h1-2,4-5,8,11-13,15,18-19,24H,3,6-7,9-10,14,25H2/b2-1-,8-4-,11-5-,24-15?,26-21+. The van der Waals surface area contributed by atoms with E-state index in [1.54, 1.807) is 0 Å². The van der Waals surface area contributed by atoms with Crippen LogP contribution in [0.5, 0.6) is 0 Å². The van der Waals surface area contributed by atoms with Gasteiger partial charge in [0.1, 0.15) is 0 Å². The van der Waals surface area contributed by atoms with E-state index in [4.69, 9.17) is 21.1 Å². The number of aromatic nitrogens is 1. The fourth-order valence-electron chi connectivity index (χ4n) is 4.20. The molecule has 1 aromatic rings. The van der Waals surface area contributed by atoms with Gasteiger partial charge >= 0.3 is 0 Å². The van der Waals surface area contributed by atoms with Gasteiger partial charge in [0.15, 0.2) is 0 Å². The van der Waals surface area contributed by atoms with Crippen LogP contribution in [0.2, 0.25) is 0 Å². The molecule has 0 spiro atoms. The molecule has 0 amide bonds. The lowest BCUT2D eigenvalue weighted by Crippen LogP contribution is -2.32. The summed E-state index contributed by atoms with van der Waals surface area (Å²) in [6, 6.07) is -0.142. The second-order valence-electron chi connectivity index (χ2n) is 7.27. The van der Waals surface area contributed by atoms with Crippen molar-refractivity contribution in [1.29, 1.82) is 5.41 Å². The number of fused-ring (bicyclic) bond motifs is 3. The molecule has 3 N–H and O–H groups in total. The molecule has 0 saturated carbocycles. The molecule has 2 heterocycles. The summed E-state index contributed by atoms with van der Waals surface area (Å²) < 4.78 is 0. The van der Waals surface area contributed by atoms with Crippen LogP contribution in [0, 0.1) is 5.41 Å². The van der Waals surface area contributed by atoms with Crippen molar-refractivity contribution in [2.24, 2.45) is 10.7 Å². The minimum absolute atomic E-state index is 0.0759. The first-order chi connectivity index (χ1) is 13.3. The van der Waals surface area contributed by atoms with Crippen LogP contribution in [0.4, 0.5) is 0 Å². The van der Waals surface area contributed by atoms with Crippen LogP contribution in [0.3, 0.4) is 0 Å². The Morgan fingerprint density at radius 2 is 1.85 bits per heavy atom. The molecule has 1 aliphatic heterocycles. The number of allylic oxidation sites excluding steroid dienone is 5. The quantitative estimate of drug-likeness (QED) is 0.787. The summed E-state index contributed by atoms with van der Waals surface area (Å²) in [5.74, 6) is -0.0759. The van der Waals surface area contributed by atoms with Gasteiger partial charge in [-0.15, -0.1) is 0 Å². The first kappa shape index (κ1) is 17.8. The second-order valence-corrected chi connectivity index (χ2v) is 7.27. The van der Waals surface area contributed by atoms with Crippen molar-refractivity contribution in [3.63, 3.8) is 0 Å². The zero-order valence-electron chi connectivity index (χ0n) is 15.6. The normalized spacial score (nSPS) is 29.6. The third-order valence-electron chi connectivity index (χ3n) is 5.53. The molecule has 138 valence electrons. The number of pyridine rings is 1. The van der Waals surface area contributed by atoms with Gasteiger partial charge in [0, 0.05) is 18.2 Å². The molecule has 3 aliphatic rings. The van der Waals surface area contributed by atoms with Crippen LogP contribution in [0.1, 0.15) is 53.3 Å². The van der Waals surface area contributed by atoms with Crippen molar-refractivity contribution in [2.45, 2.75) is 44.1 Å². The van der Waals surface area contributed by atoms with E-state index in [-0.39, 0.29) is 12.0 Å². The Labute approximate surface area is 160 Å². The molecule has 1 aromatic heterocycles. The number of hydrogen-bond donors (Lipinski definition) is 2. The molecule has 4 heteroatoms. The third kappa shape index (κ3) is 3.50. The minimum Gasteiger partial charge on any atom is -0.324 e. The number of rotatable bonds is 2. The SMILES string of the molecule is N=CC1c2c(nc(C3=N/C/C=C\C=C/C/C=C\3)c3c2CCCC3)C=CC1N. The summed E-state index contributed by atoms with van der Waals surface area (Å²) in [6.07, 6.45) is 23.4. The first-order valence-electron chi connectivity index (χ1n) is 9.82. The molecule has 2 aliphatic carbocycles. The van der Waals surface area contributed by atoms with Gasteiger partial charge in [0.05, 0.1) is 23.6 Å². The molecule has 0 saturated heterocycles. The van der Waals surface area contributed by atoms with Crippen molar-refractivity contribution >= 4 is 18.0 Å². The van der Waals surface area contributed by atoms with Crippen molar-refractivity contribution in [2.75, 3.05) is 6.54 Å². The zero-order valence-corrected chi connectivity index (χ0v) is 15.6. The van der Waals surface area contributed by atoms with Crippen molar-refractivity contribution in [3.05, 3.63) is 70.6 Å². The third-order valence-corrected chi connectivity index (χ3v) is 5.53. The molecule has 2 atom stereocenters. The summed E-state index contributed by atoms with van der Waals surface area (Å²) in [7, 11) is 0. The largest absolute Gasteiger partial charge is 0.324 e. The van der Waals surface area contributed by atoms with Crippen molar-refractivity contribution < 1.29 is 0 Å². The monoisotopic (exact) mass is 358 g/mol. The van der Waals surface area contributed by atoms with Gasteiger partial charge < -0.3 is 11.1 Å². The lowest BCUT2D eigenvalue weighted by Gasteiger charge is -2.30. The van der Waals surface area contributed by atoms with E-state index in [0.717, 1.165) is 36.4 Å². The number of hydrogen-bond acceptors (Lipinski definition) is 4. The lowest BCUT2D eigenvalue weighted by molar-refractivity contribution is 0.654. The van der Waals surface area contributed by atoms with Gasteiger partial charge in [-0.05, 0) is 60.9 Å². The van der Waals surface area contributed by atoms with Crippen molar-refractivity contribution in [1.82, 2.24) is 4.98 Å². The molecule has 4 rings (SSSR count). The van der Waals surface area contributed by atoms with Crippen LogP contribution in [0.25, 0.3) is 6.08 Å². The van der Waals surface area contributed by atoms with E-state index in [0.29, 0.717) is 6.54 Å². The Morgan fingerprint density at radius 3 is 2.70 bits per heavy atom. The lowest BCUT2D eigenvalue weighted by atomic mass is 9.77.